The number of urea groups is 1. The van der Waals surface area contributed by atoms with Gasteiger partial charge in [0.05, 0.1) is 18.3 Å². The van der Waals surface area contributed by atoms with Crippen molar-refractivity contribution in [2.24, 2.45) is 0 Å². The topological polar surface area (TPSA) is 106 Å². The standard InChI is InChI=1S/C26H31N5O5/c1-4-5-6-22(32)20-7-8-21-24(28-20)31(17-10-12-30(21)14-17)25(33)29-23-13-18(9-11-27-23)34-15-19-16-35-26(2,3)36-19/h4,7-9,11,13,17,19H,1,5-6,10,12,14-16H2,2-3H3,(H,27,29,33)/t17-,19-/m0/s1. The first kappa shape index (κ1) is 24.2. The Hall–Kier alpha value is -3.50. The molecular weight excluding hydrogens is 462 g/mol. The van der Waals surface area contributed by atoms with Crippen LogP contribution in [0.1, 0.15) is 43.6 Å². The molecule has 36 heavy (non-hydrogen) atoms. The van der Waals surface area contributed by atoms with Gasteiger partial charge in [-0.25, -0.2) is 14.8 Å². The number of carbonyl (C=O) groups excluding carboxylic acids is 2. The lowest BCUT2D eigenvalue weighted by Gasteiger charge is -2.35. The summed E-state index contributed by atoms with van der Waals surface area (Å²) in [6, 6.07) is 6.64. The van der Waals surface area contributed by atoms with Crippen LogP contribution in [0.4, 0.5) is 22.1 Å². The molecule has 0 saturated carbocycles. The molecule has 2 bridgehead atoms. The molecule has 3 aliphatic rings. The minimum absolute atomic E-state index is 0.0363. The number of hydrogen-bond acceptors (Lipinski definition) is 8. The Balaban J connectivity index is 1.30. The van der Waals surface area contributed by atoms with Gasteiger partial charge in [0, 0.05) is 31.8 Å². The van der Waals surface area contributed by atoms with Crippen molar-refractivity contribution >= 4 is 29.1 Å². The summed E-state index contributed by atoms with van der Waals surface area (Å²) >= 11 is 0. The highest BCUT2D eigenvalue weighted by atomic mass is 16.7. The zero-order valence-corrected chi connectivity index (χ0v) is 20.6. The van der Waals surface area contributed by atoms with Crippen molar-refractivity contribution in [3.8, 4) is 5.75 Å². The summed E-state index contributed by atoms with van der Waals surface area (Å²) in [5, 5.41) is 2.88. The van der Waals surface area contributed by atoms with Gasteiger partial charge >= 0.3 is 6.03 Å². The second-order valence-corrected chi connectivity index (χ2v) is 9.62. The molecule has 0 aromatic carbocycles. The molecule has 3 aliphatic heterocycles. The van der Waals surface area contributed by atoms with Gasteiger partial charge in [0.1, 0.15) is 30.0 Å². The van der Waals surface area contributed by atoms with E-state index in [0.717, 1.165) is 25.2 Å². The van der Waals surface area contributed by atoms with Crippen LogP contribution in [0.3, 0.4) is 0 Å². The normalized spacial score (nSPS) is 21.7. The van der Waals surface area contributed by atoms with Crippen LogP contribution < -0.4 is 19.9 Å². The van der Waals surface area contributed by atoms with Crippen LogP contribution in [0.2, 0.25) is 0 Å². The number of nitrogens with one attached hydrogen (secondary N) is 1. The quantitative estimate of drug-likeness (QED) is 0.437. The van der Waals surface area contributed by atoms with Crippen LogP contribution >= 0.6 is 0 Å². The number of pyridine rings is 2. The Labute approximate surface area is 210 Å². The van der Waals surface area contributed by atoms with Crippen LogP contribution in [0.25, 0.3) is 0 Å². The minimum Gasteiger partial charge on any atom is -0.491 e. The summed E-state index contributed by atoms with van der Waals surface area (Å²) in [6.07, 6.45) is 4.86. The highest BCUT2D eigenvalue weighted by Crippen LogP contribution is 2.39. The predicted molar refractivity (Wildman–Crippen MR) is 135 cm³/mol. The lowest BCUT2D eigenvalue weighted by atomic mass is 10.1. The third-order valence-electron chi connectivity index (χ3n) is 6.50. The molecule has 2 aromatic rings. The van der Waals surface area contributed by atoms with Crippen LogP contribution in [-0.4, -0.2) is 66.0 Å². The van der Waals surface area contributed by atoms with Crippen molar-refractivity contribution in [2.45, 2.75) is 51.0 Å². The number of allylic oxidation sites excluding steroid dienone is 1. The summed E-state index contributed by atoms with van der Waals surface area (Å²) in [5.74, 6) is 0.738. The van der Waals surface area contributed by atoms with Gasteiger partial charge in [-0.2, -0.15) is 0 Å². The van der Waals surface area contributed by atoms with Crippen molar-refractivity contribution in [3.63, 3.8) is 0 Å². The summed E-state index contributed by atoms with van der Waals surface area (Å²) in [6.45, 7) is 9.75. The first-order chi connectivity index (χ1) is 17.3. The van der Waals surface area contributed by atoms with Gasteiger partial charge in [-0.1, -0.05) is 6.08 Å². The van der Waals surface area contributed by atoms with E-state index >= 15 is 0 Å². The largest absolute Gasteiger partial charge is 0.491 e. The number of ketones is 1. The average Bonchev–Trinajstić information content (AvgIpc) is 3.44. The molecule has 2 aromatic heterocycles. The number of nitrogens with zero attached hydrogens (tertiary/aromatic N) is 4. The molecule has 0 aliphatic carbocycles. The summed E-state index contributed by atoms with van der Waals surface area (Å²) < 4.78 is 17.2. The number of anilines is 3. The molecule has 10 nitrogen and oxygen atoms in total. The zero-order valence-electron chi connectivity index (χ0n) is 20.6. The highest BCUT2D eigenvalue weighted by molar-refractivity contribution is 6.05. The van der Waals surface area contributed by atoms with Gasteiger partial charge in [0.2, 0.25) is 0 Å². The Bertz CT molecular complexity index is 1170. The Morgan fingerprint density at radius 1 is 1.33 bits per heavy atom. The monoisotopic (exact) mass is 493 g/mol. The predicted octanol–water partition coefficient (Wildman–Crippen LogP) is 3.79. The maximum absolute atomic E-state index is 13.5. The molecule has 2 atom stereocenters. The van der Waals surface area contributed by atoms with E-state index in [-0.39, 0.29) is 24.0 Å². The number of ether oxygens (including phenoxy) is 3. The smallest absolute Gasteiger partial charge is 0.329 e. The molecule has 2 saturated heterocycles. The van der Waals surface area contributed by atoms with Crippen molar-refractivity contribution in [1.82, 2.24) is 9.97 Å². The number of fused-ring (bicyclic) bond motifs is 4. The van der Waals surface area contributed by atoms with Crippen molar-refractivity contribution in [1.29, 1.82) is 0 Å². The number of carbonyl (C=O) groups is 2. The van der Waals surface area contributed by atoms with E-state index in [1.807, 2.05) is 19.9 Å². The van der Waals surface area contributed by atoms with Gasteiger partial charge in [0.25, 0.3) is 0 Å². The van der Waals surface area contributed by atoms with E-state index in [1.165, 1.54) is 0 Å². The van der Waals surface area contributed by atoms with E-state index in [2.05, 4.69) is 26.8 Å². The number of hydrogen-bond donors (Lipinski definition) is 1. The highest BCUT2D eigenvalue weighted by Gasteiger charge is 2.40. The molecule has 2 fully saturated rings. The zero-order chi connectivity index (χ0) is 25.3. The lowest BCUT2D eigenvalue weighted by Crippen LogP contribution is -2.48. The number of aromatic nitrogens is 2. The Morgan fingerprint density at radius 3 is 2.97 bits per heavy atom. The van der Waals surface area contributed by atoms with E-state index in [1.54, 1.807) is 35.4 Å². The van der Waals surface area contributed by atoms with Crippen LogP contribution in [-0.2, 0) is 9.47 Å². The molecule has 0 unspecified atom stereocenters. The van der Waals surface area contributed by atoms with Crippen molar-refractivity contribution in [3.05, 3.63) is 48.8 Å². The van der Waals surface area contributed by atoms with Gasteiger partial charge in [-0.3, -0.25) is 15.0 Å². The maximum Gasteiger partial charge on any atom is 0.329 e. The summed E-state index contributed by atoms with van der Waals surface area (Å²) in [4.78, 5) is 38.8. The average molecular weight is 494 g/mol. The van der Waals surface area contributed by atoms with Crippen LogP contribution in [0.15, 0.2) is 43.1 Å². The summed E-state index contributed by atoms with van der Waals surface area (Å²) in [5.41, 5.74) is 1.21. The molecule has 1 N–H and O–H groups in total. The molecule has 190 valence electrons. The maximum atomic E-state index is 13.5. The lowest BCUT2D eigenvalue weighted by molar-refractivity contribution is -0.141. The Kier molecular flexibility index (Phi) is 6.63. The third kappa shape index (κ3) is 5.05. The van der Waals surface area contributed by atoms with E-state index in [0.29, 0.717) is 49.1 Å². The van der Waals surface area contributed by atoms with Gasteiger partial charge in [-0.05, 0) is 44.9 Å². The summed E-state index contributed by atoms with van der Waals surface area (Å²) in [7, 11) is 0. The number of Topliss-reactive ketones (excluding diaryl/α,β-unsaturated/α-hetero) is 1. The SMILES string of the molecule is C=CCCC(=O)c1ccc2c(n1)N(C(=O)Nc1cc(OC[C@H]3COC(C)(C)O3)ccn1)[C@H]1CCN2C1. The number of amides is 2. The number of rotatable bonds is 8. The van der Waals surface area contributed by atoms with Gasteiger partial charge in [-0.15, -0.1) is 6.58 Å². The van der Waals surface area contributed by atoms with Crippen molar-refractivity contribution in [2.75, 3.05) is 41.4 Å². The fourth-order valence-electron chi connectivity index (χ4n) is 4.76. The second kappa shape index (κ2) is 9.87. The van der Waals surface area contributed by atoms with E-state index in [4.69, 9.17) is 14.2 Å². The molecule has 0 radical (unpaired) electrons. The van der Waals surface area contributed by atoms with Gasteiger partial charge in [0.15, 0.2) is 17.4 Å². The van der Waals surface area contributed by atoms with E-state index < -0.39 is 5.79 Å². The molecule has 5 rings (SSSR count). The first-order valence-corrected chi connectivity index (χ1v) is 12.2. The van der Waals surface area contributed by atoms with Crippen LogP contribution in [0.5, 0.6) is 5.75 Å². The molecule has 0 spiro atoms. The molecular formula is C26H31N5O5. The van der Waals surface area contributed by atoms with E-state index in [9.17, 15) is 9.59 Å². The van der Waals surface area contributed by atoms with Gasteiger partial charge < -0.3 is 19.1 Å². The molecule has 10 heteroatoms. The van der Waals surface area contributed by atoms with Crippen molar-refractivity contribution < 1.29 is 23.8 Å². The first-order valence-electron chi connectivity index (χ1n) is 12.2. The molecule has 5 heterocycles. The third-order valence-corrected chi connectivity index (χ3v) is 6.50. The Morgan fingerprint density at radius 2 is 2.19 bits per heavy atom. The fourth-order valence-corrected chi connectivity index (χ4v) is 4.76. The second-order valence-electron chi connectivity index (χ2n) is 9.62. The fraction of sp³-hybridized carbons (Fsp3) is 0.462. The minimum atomic E-state index is -0.615. The van der Waals surface area contributed by atoms with Crippen LogP contribution in [0, 0.1) is 0 Å². The molecule has 2 amide bonds.